The number of nitrogens with two attached hydrogens (primary N) is 3. The first-order valence-corrected chi connectivity index (χ1v) is 12.0. The van der Waals surface area contributed by atoms with Gasteiger partial charge in [0.2, 0.25) is 23.6 Å². The van der Waals surface area contributed by atoms with Crippen LogP contribution in [0.25, 0.3) is 10.9 Å². The van der Waals surface area contributed by atoms with Gasteiger partial charge in [0.05, 0.1) is 12.5 Å². The third-order valence-electron chi connectivity index (χ3n) is 5.80. The molecule has 0 saturated carbocycles. The van der Waals surface area contributed by atoms with Gasteiger partial charge in [-0.25, -0.2) is 0 Å². The number of unbranched alkanes of at least 4 members (excludes halogenated alkanes) is 1. The van der Waals surface area contributed by atoms with Gasteiger partial charge in [-0.15, -0.1) is 0 Å². The second kappa shape index (κ2) is 13.9. The number of amides is 4. The molecular weight excluding hydrogens is 482 g/mol. The molecule has 2 rings (SSSR count). The molecule has 4 amide bonds. The molecule has 0 saturated heterocycles. The van der Waals surface area contributed by atoms with Crippen LogP contribution in [0.2, 0.25) is 0 Å². The van der Waals surface area contributed by atoms with Crippen molar-refractivity contribution in [3.8, 4) is 0 Å². The van der Waals surface area contributed by atoms with Crippen LogP contribution in [0.15, 0.2) is 30.5 Å². The van der Waals surface area contributed by atoms with Crippen LogP contribution in [0.5, 0.6) is 0 Å². The van der Waals surface area contributed by atoms with Crippen LogP contribution in [-0.2, 0) is 30.4 Å². The molecule has 2 aromatic rings. The monoisotopic (exact) mass is 517 g/mol. The number of nitrogens with one attached hydrogen (secondary N) is 4. The second-order valence-electron chi connectivity index (χ2n) is 8.82. The maximum absolute atomic E-state index is 13.3. The van der Waals surface area contributed by atoms with Crippen molar-refractivity contribution in [2.45, 2.75) is 63.2 Å². The minimum Gasteiger partial charge on any atom is -0.480 e. The van der Waals surface area contributed by atoms with Gasteiger partial charge in [0.1, 0.15) is 18.1 Å². The highest BCUT2D eigenvalue weighted by molar-refractivity contribution is 5.95. The summed E-state index contributed by atoms with van der Waals surface area (Å²) in [4.78, 5) is 64.2. The highest BCUT2D eigenvalue weighted by atomic mass is 16.4. The Hall–Kier alpha value is -3.97. The van der Waals surface area contributed by atoms with Crippen molar-refractivity contribution in [2.24, 2.45) is 17.2 Å². The van der Waals surface area contributed by atoms with E-state index in [9.17, 15) is 29.1 Å². The first kappa shape index (κ1) is 29.3. The fraction of sp³-hybridized carbons (Fsp3) is 0.458. The molecule has 0 aliphatic rings. The summed E-state index contributed by atoms with van der Waals surface area (Å²) < 4.78 is 0. The molecule has 1 aromatic heterocycles. The van der Waals surface area contributed by atoms with Crippen LogP contribution in [0, 0.1) is 0 Å². The number of carboxylic acid groups (broad SMARTS) is 1. The van der Waals surface area contributed by atoms with Gasteiger partial charge in [0, 0.05) is 23.5 Å². The molecule has 13 heteroatoms. The number of carbonyl (C=O) groups is 5. The number of hydrogen-bond donors (Lipinski definition) is 8. The van der Waals surface area contributed by atoms with E-state index in [2.05, 4.69) is 20.9 Å². The summed E-state index contributed by atoms with van der Waals surface area (Å²) in [7, 11) is 0. The second-order valence-corrected chi connectivity index (χ2v) is 8.82. The number of aromatic amines is 1. The quantitative estimate of drug-likeness (QED) is 0.130. The number of carbonyl (C=O) groups excluding carboxylic acids is 4. The summed E-state index contributed by atoms with van der Waals surface area (Å²) >= 11 is 0. The minimum absolute atomic E-state index is 0.0541. The van der Waals surface area contributed by atoms with Gasteiger partial charge in [0.15, 0.2) is 0 Å². The van der Waals surface area contributed by atoms with E-state index in [1.54, 1.807) is 6.20 Å². The molecule has 4 unspecified atom stereocenters. The van der Waals surface area contributed by atoms with E-state index in [1.807, 2.05) is 24.3 Å². The molecular formula is C24H35N7O6. The van der Waals surface area contributed by atoms with E-state index >= 15 is 0 Å². The summed E-state index contributed by atoms with van der Waals surface area (Å²) in [6.07, 6.45) is 2.64. The van der Waals surface area contributed by atoms with Crippen LogP contribution >= 0.6 is 0 Å². The number of para-hydroxylation sites is 1. The molecule has 0 spiro atoms. The van der Waals surface area contributed by atoms with Crippen molar-refractivity contribution in [1.29, 1.82) is 0 Å². The molecule has 0 aliphatic heterocycles. The molecule has 0 aliphatic carbocycles. The minimum atomic E-state index is -1.25. The Morgan fingerprint density at radius 2 is 1.62 bits per heavy atom. The Labute approximate surface area is 213 Å². The summed E-state index contributed by atoms with van der Waals surface area (Å²) in [5, 5.41) is 17.6. The number of H-pyrrole nitrogens is 1. The van der Waals surface area contributed by atoms with Gasteiger partial charge >= 0.3 is 5.97 Å². The zero-order valence-corrected chi connectivity index (χ0v) is 20.7. The van der Waals surface area contributed by atoms with Gasteiger partial charge in [-0.1, -0.05) is 18.2 Å². The number of benzene rings is 1. The molecule has 1 aromatic carbocycles. The van der Waals surface area contributed by atoms with Crippen LogP contribution in [-0.4, -0.2) is 70.4 Å². The summed E-state index contributed by atoms with van der Waals surface area (Å²) in [6, 6.07) is 2.73. The van der Waals surface area contributed by atoms with E-state index < -0.39 is 60.2 Å². The highest BCUT2D eigenvalue weighted by Crippen LogP contribution is 2.19. The zero-order valence-electron chi connectivity index (χ0n) is 20.7. The lowest BCUT2D eigenvalue weighted by Crippen LogP contribution is -2.57. The Kier molecular flexibility index (Phi) is 11.0. The van der Waals surface area contributed by atoms with Crippen LogP contribution in [0.4, 0.5) is 0 Å². The van der Waals surface area contributed by atoms with Gasteiger partial charge in [-0.2, -0.15) is 0 Å². The van der Waals surface area contributed by atoms with Crippen LogP contribution < -0.4 is 33.2 Å². The number of aromatic nitrogens is 1. The van der Waals surface area contributed by atoms with E-state index in [0.717, 1.165) is 16.5 Å². The number of hydrogen-bond acceptors (Lipinski definition) is 7. The van der Waals surface area contributed by atoms with E-state index in [0.29, 0.717) is 19.4 Å². The van der Waals surface area contributed by atoms with Crippen LogP contribution in [0.1, 0.15) is 38.2 Å². The summed E-state index contributed by atoms with van der Waals surface area (Å²) in [5.74, 6) is -4.12. The number of rotatable bonds is 15. The molecule has 37 heavy (non-hydrogen) atoms. The van der Waals surface area contributed by atoms with Gasteiger partial charge in [-0.3, -0.25) is 24.0 Å². The van der Waals surface area contributed by atoms with E-state index in [1.165, 1.54) is 6.92 Å². The summed E-state index contributed by atoms with van der Waals surface area (Å²) in [5.41, 5.74) is 17.9. The lowest BCUT2D eigenvalue weighted by Gasteiger charge is -2.24. The fourth-order valence-electron chi connectivity index (χ4n) is 3.73. The number of aliphatic carboxylic acids is 1. The first-order chi connectivity index (χ1) is 17.5. The SMILES string of the molecule is CC(NC(=O)C(Cc1c[nH]c2ccccc12)NC(=O)C(CCCCN)NC(=O)C(N)CC(N)=O)C(=O)O. The predicted octanol–water partition coefficient (Wildman–Crippen LogP) is -1.40. The lowest BCUT2D eigenvalue weighted by molar-refractivity contribution is -0.141. The Morgan fingerprint density at radius 3 is 2.27 bits per heavy atom. The van der Waals surface area contributed by atoms with Crippen LogP contribution in [0.3, 0.4) is 0 Å². The van der Waals surface area contributed by atoms with Crippen molar-refractivity contribution in [1.82, 2.24) is 20.9 Å². The standard InChI is InChI=1S/C24H35N7O6/c1-13(24(36)37)29-23(35)19(10-14-12-28-17-7-3-2-6-15(14)17)31-22(34)18(8-4-5-9-25)30-21(33)16(26)11-20(27)32/h2-3,6-7,12-13,16,18-19,28H,4-5,8-11,25-26H2,1H3,(H2,27,32)(H,29,35)(H,30,33)(H,31,34)(H,36,37). The topological polar surface area (TPSA) is 236 Å². The summed E-state index contributed by atoms with van der Waals surface area (Å²) in [6.45, 7) is 1.68. The zero-order chi connectivity index (χ0) is 27.5. The molecule has 0 bridgehead atoms. The maximum Gasteiger partial charge on any atom is 0.325 e. The first-order valence-electron chi connectivity index (χ1n) is 12.0. The third kappa shape index (κ3) is 8.88. The predicted molar refractivity (Wildman–Crippen MR) is 136 cm³/mol. The third-order valence-corrected chi connectivity index (χ3v) is 5.80. The van der Waals surface area contributed by atoms with Crippen molar-refractivity contribution < 1.29 is 29.1 Å². The van der Waals surface area contributed by atoms with Crippen molar-refractivity contribution in [3.05, 3.63) is 36.0 Å². The number of carboxylic acids is 1. The van der Waals surface area contributed by atoms with Crippen molar-refractivity contribution >= 4 is 40.5 Å². The Bertz CT molecular complexity index is 1120. The average Bonchev–Trinajstić information content (AvgIpc) is 3.25. The van der Waals surface area contributed by atoms with Gasteiger partial charge in [-0.05, 0) is 44.4 Å². The molecule has 0 radical (unpaired) electrons. The molecule has 1 heterocycles. The normalized spacial score (nSPS) is 14.2. The highest BCUT2D eigenvalue weighted by Gasteiger charge is 2.30. The molecule has 13 nitrogen and oxygen atoms in total. The number of primary amides is 1. The molecule has 11 N–H and O–H groups in total. The van der Waals surface area contributed by atoms with Crippen molar-refractivity contribution in [2.75, 3.05) is 6.54 Å². The molecule has 4 atom stereocenters. The Balaban J connectivity index is 2.26. The molecule has 202 valence electrons. The molecule has 0 fully saturated rings. The van der Waals surface area contributed by atoms with E-state index in [-0.39, 0.29) is 12.8 Å². The lowest BCUT2D eigenvalue weighted by atomic mass is 10.0. The fourth-order valence-corrected chi connectivity index (χ4v) is 3.73. The average molecular weight is 518 g/mol. The maximum atomic E-state index is 13.3. The van der Waals surface area contributed by atoms with Gasteiger partial charge in [0.25, 0.3) is 0 Å². The van der Waals surface area contributed by atoms with Gasteiger partial charge < -0.3 is 43.2 Å². The van der Waals surface area contributed by atoms with E-state index in [4.69, 9.17) is 17.2 Å². The van der Waals surface area contributed by atoms with Crippen molar-refractivity contribution in [3.63, 3.8) is 0 Å². The Morgan fingerprint density at radius 1 is 0.973 bits per heavy atom. The smallest absolute Gasteiger partial charge is 0.325 e. The number of fused-ring (bicyclic) bond motifs is 1. The largest absolute Gasteiger partial charge is 0.480 e.